The number of unbranched alkanes of at least 4 members (excludes halogenated alkanes) is 1. The van der Waals surface area contributed by atoms with Crippen molar-refractivity contribution in [3.05, 3.63) is 81.0 Å². The highest BCUT2D eigenvalue weighted by atomic mass is 35.5. The molecule has 33 heavy (non-hydrogen) atoms. The van der Waals surface area contributed by atoms with Crippen molar-refractivity contribution in [2.45, 2.75) is 12.8 Å². The van der Waals surface area contributed by atoms with Crippen LogP contribution in [0.25, 0.3) is 22.3 Å². The Hall–Kier alpha value is -3.49. The highest BCUT2D eigenvalue weighted by Crippen LogP contribution is 2.31. The molecule has 0 unspecified atom stereocenters. The first-order valence-corrected chi connectivity index (χ1v) is 11.1. The van der Waals surface area contributed by atoms with E-state index in [0.717, 1.165) is 35.1 Å². The molecule has 4 rings (SSSR count). The Morgan fingerprint density at radius 3 is 2.45 bits per heavy atom. The number of fused-ring (bicyclic) bond motifs is 1. The molecule has 0 atom stereocenters. The largest absolute Gasteiger partial charge is 0.370 e. The Bertz CT molecular complexity index is 1280. The fraction of sp³-hybridized carbons (Fsp3) is 0.174. The van der Waals surface area contributed by atoms with Crippen molar-refractivity contribution in [3.63, 3.8) is 0 Å². The number of rotatable bonds is 9. The highest BCUT2D eigenvalue weighted by Gasteiger charge is 2.12. The maximum absolute atomic E-state index is 10.7. The Morgan fingerprint density at radius 2 is 1.73 bits per heavy atom. The quantitative estimate of drug-likeness (QED) is 0.166. The van der Waals surface area contributed by atoms with Gasteiger partial charge < -0.3 is 10.6 Å². The van der Waals surface area contributed by atoms with Gasteiger partial charge >= 0.3 is 0 Å². The number of para-hydroxylation sites is 1. The number of benzene rings is 2. The van der Waals surface area contributed by atoms with E-state index in [0.29, 0.717) is 34.8 Å². The van der Waals surface area contributed by atoms with E-state index in [1.807, 2.05) is 30.3 Å². The fourth-order valence-electron chi connectivity index (χ4n) is 3.27. The van der Waals surface area contributed by atoms with Crippen LogP contribution >= 0.6 is 23.2 Å². The molecule has 2 aromatic heterocycles. The molecular formula is C23H20Cl2N6O2. The molecule has 0 bridgehead atoms. The van der Waals surface area contributed by atoms with Gasteiger partial charge in [0, 0.05) is 35.1 Å². The number of nitro groups is 1. The summed E-state index contributed by atoms with van der Waals surface area (Å²) in [5.41, 5.74) is 1.51. The minimum Gasteiger partial charge on any atom is -0.370 e. The molecule has 0 aliphatic heterocycles. The van der Waals surface area contributed by atoms with Crippen LogP contribution in [0.1, 0.15) is 12.8 Å². The second kappa shape index (κ2) is 10.4. The summed E-state index contributed by atoms with van der Waals surface area (Å²) in [5, 5.41) is 19.2. The minimum atomic E-state index is -0.467. The van der Waals surface area contributed by atoms with E-state index in [4.69, 9.17) is 28.2 Å². The second-order valence-corrected chi connectivity index (χ2v) is 8.10. The fourth-order valence-corrected chi connectivity index (χ4v) is 3.77. The molecule has 0 spiro atoms. The van der Waals surface area contributed by atoms with Gasteiger partial charge in [-0.15, -0.1) is 0 Å². The SMILES string of the molecule is O=[N+]([O-])c1ccc(NCCCCNc2nc(-c3ccc(Cl)cc3Cl)nc3ccccc23)nc1. The predicted molar refractivity (Wildman–Crippen MR) is 132 cm³/mol. The molecule has 0 radical (unpaired) electrons. The van der Waals surface area contributed by atoms with Gasteiger partial charge in [-0.1, -0.05) is 35.3 Å². The molecule has 168 valence electrons. The third-order valence-corrected chi connectivity index (χ3v) is 5.48. The van der Waals surface area contributed by atoms with Crippen LogP contribution in [-0.2, 0) is 0 Å². The molecule has 0 amide bonds. The molecule has 8 nitrogen and oxygen atoms in total. The Balaban J connectivity index is 1.38. The summed E-state index contributed by atoms with van der Waals surface area (Å²) in [6.45, 7) is 1.41. The maximum atomic E-state index is 10.7. The van der Waals surface area contributed by atoms with Gasteiger partial charge in [0.25, 0.3) is 5.69 Å². The van der Waals surface area contributed by atoms with Crippen LogP contribution in [0.2, 0.25) is 10.0 Å². The zero-order valence-corrected chi connectivity index (χ0v) is 19.0. The summed E-state index contributed by atoms with van der Waals surface area (Å²) >= 11 is 12.4. The first-order valence-electron chi connectivity index (χ1n) is 10.3. The summed E-state index contributed by atoms with van der Waals surface area (Å²) in [7, 11) is 0. The number of anilines is 2. The number of nitrogens with zero attached hydrogens (tertiary/aromatic N) is 4. The van der Waals surface area contributed by atoms with Crippen LogP contribution in [0, 0.1) is 10.1 Å². The zero-order chi connectivity index (χ0) is 23.2. The van der Waals surface area contributed by atoms with Crippen molar-refractivity contribution in [1.82, 2.24) is 15.0 Å². The molecule has 2 N–H and O–H groups in total. The van der Waals surface area contributed by atoms with Gasteiger partial charge in [-0.2, -0.15) is 0 Å². The Morgan fingerprint density at radius 1 is 0.939 bits per heavy atom. The third-order valence-electron chi connectivity index (χ3n) is 4.94. The van der Waals surface area contributed by atoms with E-state index >= 15 is 0 Å². The molecule has 0 aliphatic carbocycles. The maximum Gasteiger partial charge on any atom is 0.287 e. The van der Waals surface area contributed by atoms with Gasteiger partial charge in [0.1, 0.15) is 17.8 Å². The molecule has 10 heteroatoms. The van der Waals surface area contributed by atoms with Crippen molar-refractivity contribution in [2.24, 2.45) is 0 Å². The standard InChI is InChI=1S/C23H20Cl2N6O2/c24-15-7-9-17(19(25)13-15)23-29-20-6-2-1-5-18(20)22(30-23)27-12-4-3-11-26-21-10-8-16(14-28-21)31(32)33/h1-2,5-10,13-14H,3-4,11-12H2,(H,26,28)(H,27,29,30). The van der Waals surface area contributed by atoms with Crippen LogP contribution in [0.5, 0.6) is 0 Å². The van der Waals surface area contributed by atoms with E-state index in [2.05, 4.69) is 20.6 Å². The average molecular weight is 483 g/mol. The molecule has 0 aliphatic rings. The van der Waals surface area contributed by atoms with Crippen LogP contribution in [-0.4, -0.2) is 33.0 Å². The average Bonchev–Trinajstić information content (AvgIpc) is 2.81. The topological polar surface area (TPSA) is 106 Å². The zero-order valence-electron chi connectivity index (χ0n) is 17.5. The van der Waals surface area contributed by atoms with Gasteiger partial charge in [-0.05, 0) is 49.2 Å². The first-order chi connectivity index (χ1) is 16.0. The normalized spacial score (nSPS) is 10.8. The van der Waals surface area contributed by atoms with Crippen LogP contribution in [0.4, 0.5) is 17.3 Å². The van der Waals surface area contributed by atoms with E-state index < -0.39 is 4.92 Å². The smallest absolute Gasteiger partial charge is 0.287 e. The lowest BCUT2D eigenvalue weighted by molar-refractivity contribution is -0.385. The van der Waals surface area contributed by atoms with Crippen molar-refractivity contribution in [3.8, 4) is 11.4 Å². The number of nitrogens with one attached hydrogen (secondary N) is 2. The summed E-state index contributed by atoms with van der Waals surface area (Å²) in [6, 6.07) is 16.1. The number of aromatic nitrogens is 3. The lowest BCUT2D eigenvalue weighted by Crippen LogP contribution is -2.09. The molecule has 2 aromatic carbocycles. The van der Waals surface area contributed by atoms with E-state index in [9.17, 15) is 10.1 Å². The molecule has 2 heterocycles. The van der Waals surface area contributed by atoms with Gasteiger partial charge in [-0.3, -0.25) is 10.1 Å². The monoisotopic (exact) mass is 482 g/mol. The Kier molecular flexibility index (Phi) is 7.16. The second-order valence-electron chi connectivity index (χ2n) is 7.26. The van der Waals surface area contributed by atoms with Crippen molar-refractivity contribution < 1.29 is 4.92 Å². The van der Waals surface area contributed by atoms with Gasteiger partial charge in [0.2, 0.25) is 0 Å². The predicted octanol–water partition coefficient (Wildman–Crippen LogP) is 6.21. The molecule has 0 fully saturated rings. The van der Waals surface area contributed by atoms with E-state index in [1.54, 1.807) is 18.2 Å². The van der Waals surface area contributed by atoms with Crippen LogP contribution in [0.3, 0.4) is 0 Å². The molecular weight excluding hydrogens is 463 g/mol. The third kappa shape index (κ3) is 5.66. The number of pyridine rings is 1. The first kappa shape index (κ1) is 22.7. The summed E-state index contributed by atoms with van der Waals surface area (Å²) in [5.74, 6) is 1.88. The van der Waals surface area contributed by atoms with Gasteiger partial charge in [0.15, 0.2) is 5.82 Å². The lowest BCUT2D eigenvalue weighted by Gasteiger charge is -2.12. The summed E-state index contributed by atoms with van der Waals surface area (Å²) in [4.78, 5) is 23.7. The van der Waals surface area contributed by atoms with E-state index in [-0.39, 0.29) is 5.69 Å². The number of hydrogen-bond donors (Lipinski definition) is 2. The van der Waals surface area contributed by atoms with Crippen LogP contribution in [0.15, 0.2) is 60.8 Å². The highest BCUT2D eigenvalue weighted by molar-refractivity contribution is 6.36. The molecule has 0 saturated carbocycles. The molecule has 4 aromatic rings. The van der Waals surface area contributed by atoms with Crippen molar-refractivity contribution in [2.75, 3.05) is 23.7 Å². The minimum absolute atomic E-state index is 0.0268. The Labute approximate surface area is 200 Å². The number of halogens is 2. The molecule has 0 saturated heterocycles. The van der Waals surface area contributed by atoms with Gasteiger partial charge in [-0.25, -0.2) is 15.0 Å². The van der Waals surface area contributed by atoms with Crippen LogP contribution < -0.4 is 10.6 Å². The van der Waals surface area contributed by atoms with Crippen molar-refractivity contribution in [1.29, 1.82) is 0 Å². The number of hydrogen-bond acceptors (Lipinski definition) is 7. The van der Waals surface area contributed by atoms with Gasteiger partial charge in [0.05, 0.1) is 15.5 Å². The summed E-state index contributed by atoms with van der Waals surface area (Å²) < 4.78 is 0. The lowest BCUT2D eigenvalue weighted by atomic mass is 10.1. The summed E-state index contributed by atoms with van der Waals surface area (Å²) in [6.07, 6.45) is 3.01. The van der Waals surface area contributed by atoms with Crippen molar-refractivity contribution >= 4 is 51.4 Å². The van der Waals surface area contributed by atoms with E-state index in [1.165, 1.54) is 12.3 Å².